The van der Waals surface area contributed by atoms with Gasteiger partial charge in [-0.3, -0.25) is 19.2 Å². The highest BCUT2D eigenvalue weighted by atomic mass is 32.2. The lowest BCUT2D eigenvalue weighted by Gasteiger charge is -2.14. The van der Waals surface area contributed by atoms with Gasteiger partial charge in [-0.15, -0.1) is 11.8 Å². The molecule has 0 aliphatic carbocycles. The molecule has 0 aliphatic rings. The molecule has 0 saturated heterocycles. The summed E-state index contributed by atoms with van der Waals surface area (Å²) in [6.07, 6.45) is 1.61. The largest absolute Gasteiger partial charge is 0.326 e. The number of carbonyl (C=O) groups is 4. The van der Waals surface area contributed by atoms with E-state index in [1.165, 1.54) is 18.7 Å². The van der Waals surface area contributed by atoms with E-state index in [0.29, 0.717) is 22.6 Å². The maximum absolute atomic E-state index is 13.3. The van der Waals surface area contributed by atoms with Gasteiger partial charge >= 0.3 is 0 Å². The minimum Gasteiger partial charge on any atom is -0.326 e. The number of hydrogen-bond acceptors (Lipinski definition) is 5. The Hall–Kier alpha value is -5.15. The lowest BCUT2D eigenvalue weighted by atomic mass is 10.1. The first-order valence-electron chi connectivity index (χ1n) is 13.2. The Morgan fingerprint density at radius 3 is 1.95 bits per heavy atom. The molecule has 212 valence electrons. The Labute approximate surface area is 248 Å². The van der Waals surface area contributed by atoms with E-state index in [9.17, 15) is 19.2 Å². The van der Waals surface area contributed by atoms with Gasteiger partial charge in [0.1, 0.15) is 5.70 Å². The van der Waals surface area contributed by atoms with Crippen LogP contribution in [0.2, 0.25) is 0 Å². The first-order valence-corrected chi connectivity index (χ1v) is 14.0. The summed E-state index contributed by atoms with van der Waals surface area (Å²) in [6.45, 7) is 3.22. The van der Waals surface area contributed by atoms with E-state index in [1.807, 2.05) is 42.5 Å². The highest BCUT2D eigenvalue weighted by Gasteiger charge is 2.17. The van der Waals surface area contributed by atoms with E-state index >= 15 is 0 Å². The number of nitrogens with one attached hydrogen (secondary N) is 4. The Morgan fingerprint density at radius 1 is 0.690 bits per heavy atom. The number of rotatable bonds is 10. The second-order valence-corrected chi connectivity index (χ2v) is 10.7. The Kier molecular flexibility index (Phi) is 10.3. The number of thioether (sulfide) groups is 1. The Bertz CT molecular complexity index is 1590. The van der Waals surface area contributed by atoms with Crippen LogP contribution in [-0.4, -0.2) is 28.9 Å². The summed E-state index contributed by atoms with van der Waals surface area (Å²) in [7, 11) is 0. The fourth-order valence-electron chi connectivity index (χ4n) is 3.85. The maximum Gasteiger partial charge on any atom is 0.272 e. The summed E-state index contributed by atoms with van der Waals surface area (Å²) in [5.41, 5.74) is 3.04. The molecule has 0 radical (unpaired) electrons. The molecular formula is C33H30N4O4S. The molecule has 0 bridgehead atoms. The molecule has 4 aromatic rings. The van der Waals surface area contributed by atoms with Gasteiger partial charge in [0, 0.05) is 34.4 Å². The van der Waals surface area contributed by atoms with Crippen LogP contribution in [0.15, 0.2) is 120 Å². The average molecular weight is 579 g/mol. The molecule has 42 heavy (non-hydrogen) atoms. The highest BCUT2D eigenvalue weighted by Crippen LogP contribution is 2.27. The normalized spacial score (nSPS) is 11.6. The van der Waals surface area contributed by atoms with Crippen LogP contribution in [0.25, 0.3) is 6.08 Å². The predicted octanol–water partition coefficient (Wildman–Crippen LogP) is 6.17. The lowest BCUT2D eigenvalue weighted by Crippen LogP contribution is -2.30. The molecule has 0 saturated carbocycles. The van der Waals surface area contributed by atoms with Gasteiger partial charge in [0.15, 0.2) is 0 Å². The predicted molar refractivity (Wildman–Crippen MR) is 168 cm³/mol. The third-order valence-electron chi connectivity index (χ3n) is 5.89. The second-order valence-electron chi connectivity index (χ2n) is 9.28. The monoisotopic (exact) mass is 578 g/mol. The zero-order valence-corrected chi connectivity index (χ0v) is 23.9. The summed E-state index contributed by atoms with van der Waals surface area (Å²) in [4.78, 5) is 50.9. The maximum atomic E-state index is 13.3. The van der Waals surface area contributed by atoms with Crippen molar-refractivity contribution >= 4 is 58.5 Å². The van der Waals surface area contributed by atoms with Crippen molar-refractivity contribution in [1.82, 2.24) is 5.32 Å². The van der Waals surface area contributed by atoms with Crippen molar-refractivity contribution in [2.24, 2.45) is 0 Å². The number of amides is 4. The first-order chi connectivity index (χ1) is 20.3. The van der Waals surface area contributed by atoms with Crippen LogP contribution < -0.4 is 21.3 Å². The van der Waals surface area contributed by atoms with Crippen LogP contribution in [0.1, 0.15) is 29.8 Å². The standard InChI is InChI=1S/C33H30N4O4S/c1-22(31(39)35-27-18-16-26(17-19-27)34-23(2)38)42-29-15-9-14-28(21-29)36-33(41)30(20-24-10-5-3-6-11-24)37-32(40)25-12-7-4-8-13-25/h3-22H,1-2H3,(H,34,38)(H,35,39)(H,36,41)(H,37,40)/b30-20-. The van der Waals surface area contributed by atoms with Gasteiger partial charge in [-0.05, 0) is 73.2 Å². The molecule has 0 aliphatic heterocycles. The van der Waals surface area contributed by atoms with Gasteiger partial charge in [-0.2, -0.15) is 0 Å². The van der Waals surface area contributed by atoms with E-state index in [2.05, 4.69) is 21.3 Å². The van der Waals surface area contributed by atoms with Crippen molar-refractivity contribution in [3.8, 4) is 0 Å². The van der Waals surface area contributed by atoms with Gasteiger partial charge in [0.05, 0.1) is 5.25 Å². The molecule has 0 fully saturated rings. The van der Waals surface area contributed by atoms with Gasteiger partial charge in [-0.1, -0.05) is 54.6 Å². The lowest BCUT2D eigenvalue weighted by molar-refractivity contribution is -0.115. The average Bonchev–Trinajstić information content (AvgIpc) is 2.98. The molecule has 9 heteroatoms. The third kappa shape index (κ3) is 8.94. The quantitative estimate of drug-likeness (QED) is 0.133. The summed E-state index contributed by atoms with van der Waals surface area (Å²) >= 11 is 1.34. The van der Waals surface area contributed by atoms with Crippen LogP contribution in [-0.2, 0) is 14.4 Å². The fraction of sp³-hybridized carbons (Fsp3) is 0.0909. The van der Waals surface area contributed by atoms with E-state index in [-0.39, 0.29) is 17.5 Å². The van der Waals surface area contributed by atoms with Gasteiger partial charge < -0.3 is 21.3 Å². The molecule has 0 aromatic heterocycles. The summed E-state index contributed by atoms with van der Waals surface area (Å²) in [5.74, 6) is -1.25. The van der Waals surface area contributed by atoms with Crippen LogP contribution in [0.5, 0.6) is 0 Å². The SMILES string of the molecule is CC(=O)Nc1ccc(NC(=O)C(C)Sc2cccc(NC(=O)/C(=C/c3ccccc3)NC(=O)c3ccccc3)c2)cc1. The van der Waals surface area contributed by atoms with Crippen molar-refractivity contribution < 1.29 is 19.2 Å². The summed E-state index contributed by atoms with van der Waals surface area (Å²) < 4.78 is 0. The molecule has 1 atom stereocenters. The van der Waals surface area contributed by atoms with E-state index in [4.69, 9.17) is 0 Å². The van der Waals surface area contributed by atoms with Crippen LogP contribution in [0, 0.1) is 0 Å². The molecule has 4 amide bonds. The summed E-state index contributed by atoms with van der Waals surface area (Å²) in [6, 6.07) is 31.9. The molecule has 4 aromatic carbocycles. The fourth-order valence-corrected chi connectivity index (χ4v) is 4.77. The Morgan fingerprint density at radius 2 is 1.31 bits per heavy atom. The molecule has 0 heterocycles. The topological polar surface area (TPSA) is 116 Å². The van der Waals surface area contributed by atoms with Crippen LogP contribution >= 0.6 is 11.8 Å². The van der Waals surface area contributed by atoms with Crippen molar-refractivity contribution in [3.05, 3.63) is 126 Å². The van der Waals surface area contributed by atoms with Gasteiger partial charge in [0.2, 0.25) is 11.8 Å². The highest BCUT2D eigenvalue weighted by molar-refractivity contribution is 8.00. The van der Waals surface area contributed by atoms with Crippen LogP contribution in [0.4, 0.5) is 17.1 Å². The molecular weight excluding hydrogens is 548 g/mol. The van der Waals surface area contributed by atoms with Gasteiger partial charge in [0.25, 0.3) is 11.8 Å². The number of benzene rings is 4. The number of anilines is 3. The zero-order valence-electron chi connectivity index (χ0n) is 23.1. The first kappa shape index (κ1) is 29.8. The molecule has 1 unspecified atom stereocenters. The van der Waals surface area contributed by atoms with Crippen molar-refractivity contribution in [3.63, 3.8) is 0 Å². The molecule has 8 nitrogen and oxygen atoms in total. The van der Waals surface area contributed by atoms with Crippen molar-refractivity contribution in [2.75, 3.05) is 16.0 Å². The Balaban J connectivity index is 1.42. The smallest absolute Gasteiger partial charge is 0.272 e. The van der Waals surface area contributed by atoms with E-state index in [1.54, 1.807) is 79.7 Å². The van der Waals surface area contributed by atoms with Gasteiger partial charge in [-0.25, -0.2) is 0 Å². The molecule has 0 spiro atoms. The minimum absolute atomic E-state index is 0.0883. The third-order valence-corrected chi connectivity index (χ3v) is 6.98. The zero-order chi connectivity index (χ0) is 29.9. The van der Waals surface area contributed by atoms with Crippen molar-refractivity contribution in [1.29, 1.82) is 0 Å². The number of carbonyl (C=O) groups excluding carboxylic acids is 4. The second kappa shape index (κ2) is 14.5. The molecule has 4 N–H and O–H groups in total. The van der Waals surface area contributed by atoms with E-state index < -0.39 is 17.1 Å². The van der Waals surface area contributed by atoms with Crippen molar-refractivity contribution in [2.45, 2.75) is 24.0 Å². The van der Waals surface area contributed by atoms with E-state index in [0.717, 1.165) is 10.5 Å². The van der Waals surface area contributed by atoms with Crippen LogP contribution in [0.3, 0.4) is 0 Å². The number of hydrogen-bond donors (Lipinski definition) is 4. The minimum atomic E-state index is -0.487. The molecule has 4 rings (SSSR count). The summed E-state index contributed by atoms with van der Waals surface area (Å²) in [5, 5.41) is 10.7.